The average molecular weight is 294 g/mol. The van der Waals surface area contributed by atoms with Gasteiger partial charge in [0, 0.05) is 24.3 Å². The van der Waals surface area contributed by atoms with E-state index in [9.17, 15) is 4.55 Å². The Labute approximate surface area is 124 Å². The number of hydrogen-bond donors (Lipinski definition) is 0. The molecule has 1 aliphatic rings. The van der Waals surface area contributed by atoms with Crippen molar-refractivity contribution in [1.29, 1.82) is 0 Å². The van der Waals surface area contributed by atoms with E-state index in [0.29, 0.717) is 0 Å². The minimum Gasteiger partial charge on any atom is -0.591 e. The molecule has 1 aromatic carbocycles. The Hall–Kier alpha value is -1.04. The minimum atomic E-state index is -1.22. The van der Waals surface area contributed by atoms with Gasteiger partial charge in [-0.25, -0.2) is 0 Å². The van der Waals surface area contributed by atoms with Gasteiger partial charge < -0.3 is 14.2 Å². The topological polar surface area (TPSA) is 47.9 Å². The van der Waals surface area contributed by atoms with E-state index in [4.69, 9.17) is 4.74 Å². The zero-order valence-corrected chi connectivity index (χ0v) is 13.2. The number of rotatable bonds is 3. The van der Waals surface area contributed by atoms with Crippen molar-refractivity contribution < 1.29 is 9.29 Å². The minimum absolute atomic E-state index is 0.329. The summed E-state index contributed by atoms with van der Waals surface area (Å²) >= 11 is -1.22. The van der Waals surface area contributed by atoms with Crippen molar-refractivity contribution >= 4 is 23.3 Å². The molecule has 1 aliphatic heterocycles. The molecular formula is C15H22N2O2S. The lowest BCUT2D eigenvalue weighted by Crippen LogP contribution is -2.36. The van der Waals surface area contributed by atoms with Crippen molar-refractivity contribution in [3.63, 3.8) is 0 Å². The fraction of sp³-hybridized carbons (Fsp3) is 0.533. The van der Waals surface area contributed by atoms with Crippen LogP contribution in [0.4, 0.5) is 5.69 Å². The molecule has 110 valence electrons. The van der Waals surface area contributed by atoms with Crippen molar-refractivity contribution in [1.82, 2.24) is 0 Å². The van der Waals surface area contributed by atoms with Crippen molar-refractivity contribution in [2.24, 2.45) is 4.40 Å². The molecule has 1 aromatic rings. The highest BCUT2D eigenvalue weighted by Gasteiger charge is 2.26. The van der Waals surface area contributed by atoms with Crippen LogP contribution in [-0.4, -0.2) is 41.8 Å². The van der Waals surface area contributed by atoms with Gasteiger partial charge in [-0.2, -0.15) is 0 Å². The summed E-state index contributed by atoms with van der Waals surface area (Å²) < 4.78 is 21.3. The van der Waals surface area contributed by atoms with Gasteiger partial charge in [0.15, 0.2) is 0 Å². The highest BCUT2D eigenvalue weighted by molar-refractivity contribution is 7.91. The van der Waals surface area contributed by atoms with E-state index < -0.39 is 11.4 Å². The summed E-state index contributed by atoms with van der Waals surface area (Å²) in [5, 5.41) is 0. The van der Waals surface area contributed by atoms with Crippen LogP contribution in [-0.2, 0) is 16.1 Å². The van der Waals surface area contributed by atoms with Crippen LogP contribution in [0.5, 0.6) is 0 Å². The first-order valence-corrected chi connectivity index (χ1v) is 7.97. The molecule has 1 saturated heterocycles. The summed E-state index contributed by atoms with van der Waals surface area (Å²) in [5.74, 6) is 0. The Balaban J connectivity index is 2.17. The summed E-state index contributed by atoms with van der Waals surface area (Å²) in [6.07, 6.45) is 1.73. The van der Waals surface area contributed by atoms with Gasteiger partial charge in [0.25, 0.3) is 0 Å². The molecule has 0 radical (unpaired) electrons. The Kier molecular flexibility index (Phi) is 5.07. The molecule has 5 heteroatoms. The SMILES string of the molecule is CC(C)(C)[S+]([O-])/N=C/c1ccccc1N1CCOCC1. The van der Waals surface area contributed by atoms with Crippen LogP contribution in [0.3, 0.4) is 0 Å². The van der Waals surface area contributed by atoms with Gasteiger partial charge in [-0.05, 0) is 26.8 Å². The van der Waals surface area contributed by atoms with Gasteiger partial charge in [0.05, 0.1) is 19.4 Å². The summed E-state index contributed by atoms with van der Waals surface area (Å²) in [4.78, 5) is 2.28. The predicted octanol–water partition coefficient (Wildman–Crippen LogP) is 2.40. The Morgan fingerprint density at radius 1 is 1.25 bits per heavy atom. The van der Waals surface area contributed by atoms with Gasteiger partial charge in [-0.3, -0.25) is 0 Å². The lowest BCUT2D eigenvalue weighted by Gasteiger charge is -2.30. The molecule has 2 rings (SSSR count). The van der Waals surface area contributed by atoms with Crippen molar-refractivity contribution in [3.05, 3.63) is 29.8 Å². The number of ether oxygens (including phenoxy) is 1. The maximum Gasteiger partial charge on any atom is 0.144 e. The van der Waals surface area contributed by atoms with E-state index in [1.165, 1.54) is 0 Å². The van der Waals surface area contributed by atoms with Crippen LogP contribution in [0.25, 0.3) is 0 Å². The second-order valence-corrected chi connectivity index (χ2v) is 7.69. The Morgan fingerprint density at radius 2 is 1.90 bits per heavy atom. The molecule has 4 nitrogen and oxygen atoms in total. The Morgan fingerprint density at radius 3 is 2.55 bits per heavy atom. The fourth-order valence-electron chi connectivity index (χ4n) is 1.95. The summed E-state index contributed by atoms with van der Waals surface area (Å²) in [5.41, 5.74) is 2.14. The molecular weight excluding hydrogens is 272 g/mol. The third-order valence-corrected chi connectivity index (χ3v) is 4.44. The maximum absolute atomic E-state index is 12.0. The highest BCUT2D eigenvalue weighted by atomic mass is 32.2. The average Bonchev–Trinajstić information content (AvgIpc) is 2.45. The van der Waals surface area contributed by atoms with Crippen LogP contribution >= 0.6 is 0 Å². The quantitative estimate of drug-likeness (QED) is 0.635. The van der Waals surface area contributed by atoms with Crippen LogP contribution in [0.15, 0.2) is 28.7 Å². The number of anilines is 1. The van der Waals surface area contributed by atoms with E-state index in [1.807, 2.05) is 39.0 Å². The number of morpholine rings is 1. The molecule has 1 atom stereocenters. The first-order valence-electron chi connectivity index (χ1n) is 6.86. The van der Waals surface area contributed by atoms with Crippen LogP contribution < -0.4 is 4.90 Å². The van der Waals surface area contributed by atoms with Crippen LogP contribution in [0, 0.1) is 0 Å². The number of nitrogens with zero attached hydrogens (tertiary/aromatic N) is 2. The van der Waals surface area contributed by atoms with Gasteiger partial charge in [-0.15, -0.1) is 0 Å². The largest absolute Gasteiger partial charge is 0.591 e. The third-order valence-electron chi connectivity index (χ3n) is 3.10. The van der Waals surface area contributed by atoms with Crippen LogP contribution in [0.2, 0.25) is 0 Å². The van der Waals surface area contributed by atoms with Crippen molar-refractivity contribution in [2.75, 3.05) is 31.2 Å². The number of benzene rings is 1. The monoisotopic (exact) mass is 294 g/mol. The summed E-state index contributed by atoms with van der Waals surface area (Å²) in [6, 6.07) is 8.08. The fourth-order valence-corrected chi connectivity index (χ4v) is 2.48. The smallest absolute Gasteiger partial charge is 0.144 e. The molecule has 1 fully saturated rings. The molecule has 0 amide bonds. The molecule has 20 heavy (non-hydrogen) atoms. The van der Waals surface area contributed by atoms with E-state index in [0.717, 1.165) is 37.6 Å². The first kappa shape index (κ1) is 15.4. The van der Waals surface area contributed by atoms with Gasteiger partial charge in [-0.1, -0.05) is 22.6 Å². The third kappa shape index (κ3) is 3.98. The normalized spacial score (nSPS) is 18.5. The molecule has 0 bridgehead atoms. The lowest BCUT2D eigenvalue weighted by atomic mass is 10.1. The summed E-state index contributed by atoms with van der Waals surface area (Å²) in [7, 11) is 0. The van der Waals surface area contributed by atoms with Crippen molar-refractivity contribution in [2.45, 2.75) is 25.5 Å². The van der Waals surface area contributed by atoms with Gasteiger partial charge in [0.2, 0.25) is 0 Å². The van der Waals surface area contributed by atoms with Crippen LogP contribution in [0.1, 0.15) is 26.3 Å². The van der Waals surface area contributed by atoms with Gasteiger partial charge >= 0.3 is 0 Å². The number of hydrogen-bond acceptors (Lipinski definition) is 4. The second kappa shape index (κ2) is 6.61. The standard InChI is InChI=1S/C15H22N2O2S/c1-15(2,3)20(18)16-12-13-6-4-5-7-14(13)17-8-10-19-11-9-17/h4-7,12H,8-11H2,1-3H3/b16-12+. The van der Waals surface area contributed by atoms with Gasteiger partial charge in [0.1, 0.15) is 16.1 Å². The predicted molar refractivity (Wildman–Crippen MR) is 85.0 cm³/mol. The Bertz CT molecular complexity index is 465. The van der Waals surface area contributed by atoms with Crippen molar-refractivity contribution in [3.8, 4) is 0 Å². The van der Waals surface area contributed by atoms with E-state index >= 15 is 0 Å². The molecule has 0 aromatic heterocycles. The molecule has 1 heterocycles. The van der Waals surface area contributed by atoms with E-state index in [2.05, 4.69) is 15.4 Å². The zero-order valence-electron chi connectivity index (χ0n) is 12.3. The molecule has 0 saturated carbocycles. The maximum atomic E-state index is 12.0. The van der Waals surface area contributed by atoms with E-state index in [1.54, 1.807) is 6.21 Å². The first-order chi connectivity index (χ1) is 9.48. The lowest BCUT2D eigenvalue weighted by molar-refractivity contribution is 0.122. The second-order valence-electron chi connectivity index (χ2n) is 5.75. The molecule has 0 spiro atoms. The summed E-state index contributed by atoms with van der Waals surface area (Å²) in [6.45, 7) is 9.04. The molecule has 0 aliphatic carbocycles. The number of para-hydroxylation sites is 1. The zero-order chi connectivity index (χ0) is 14.6. The molecule has 0 N–H and O–H groups in total. The molecule has 1 unspecified atom stereocenters. The highest BCUT2D eigenvalue weighted by Crippen LogP contribution is 2.22. The van der Waals surface area contributed by atoms with E-state index in [-0.39, 0.29) is 4.75 Å².